The van der Waals surface area contributed by atoms with Crippen molar-refractivity contribution in [1.29, 1.82) is 0 Å². The second-order valence-electron chi connectivity index (χ2n) is 4.62. The van der Waals surface area contributed by atoms with E-state index in [0.717, 1.165) is 5.56 Å². The summed E-state index contributed by atoms with van der Waals surface area (Å²) in [6.45, 7) is 0.0962. The topological polar surface area (TPSA) is 55.8 Å². The molecule has 0 saturated heterocycles. The predicted octanol–water partition coefficient (Wildman–Crippen LogP) is 4.46. The summed E-state index contributed by atoms with van der Waals surface area (Å²) in [4.78, 5) is 11.7. The van der Waals surface area contributed by atoms with Crippen molar-refractivity contribution in [2.75, 3.05) is 7.11 Å². The first-order valence-electron chi connectivity index (χ1n) is 6.65. The molecule has 4 nitrogen and oxygen atoms in total. The maximum absolute atomic E-state index is 11.7. The average Bonchev–Trinajstić information content (AvgIpc) is 2.55. The fraction of sp³-hybridized carbons (Fsp3) is 0.118. The Morgan fingerprint density at radius 3 is 2.65 bits per heavy atom. The largest absolute Gasteiger partial charge is 0.504 e. The van der Waals surface area contributed by atoms with Crippen LogP contribution in [0.3, 0.4) is 0 Å². The van der Waals surface area contributed by atoms with Crippen molar-refractivity contribution in [2.24, 2.45) is 0 Å². The van der Waals surface area contributed by atoms with E-state index in [9.17, 15) is 9.90 Å². The highest BCUT2D eigenvalue weighted by atomic mass is 35.5. The lowest BCUT2D eigenvalue weighted by Crippen LogP contribution is -2.00. The number of aromatic hydroxyl groups is 1. The zero-order valence-electron chi connectivity index (χ0n) is 12.3. The second-order valence-corrected chi connectivity index (χ2v) is 5.44. The molecule has 0 bridgehead atoms. The van der Waals surface area contributed by atoms with E-state index in [2.05, 4.69) is 0 Å². The van der Waals surface area contributed by atoms with Crippen molar-refractivity contribution in [2.45, 2.75) is 6.61 Å². The van der Waals surface area contributed by atoms with Gasteiger partial charge in [-0.3, -0.25) is 0 Å². The number of hydrogen-bond acceptors (Lipinski definition) is 4. The monoisotopic (exact) mass is 352 g/mol. The van der Waals surface area contributed by atoms with Gasteiger partial charge < -0.3 is 14.6 Å². The van der Waals surface area contributed by atoms with Gasteiger partial charge in [-0.1, -0.05) is 35.3 Å². The molecule has 2 aromatic rings. The van der Waals surface area contributed by atoms with Gasteiger partial charge in [-0.25, -0.2) is 4.79 Å². The molecule has 1 N–H and O–H groups in total. The minimum Gasteiger partial charge on any atom is -0.504 e. The highest BCUT2D eigenvalue weighted by Crippen LogP contribution is 2.26. The number of halogens is 2. The summed E-state index contributed by atoms with van der Waals surface area (Å²) >= 11 is 11.7. The van der Waals surface area contributed by atoms with Crippen LogP contribution in [0.2, 0.25) is 10.0 Å². The molecular formula is C17H14Cl2O4. The molecule has 2 rings (SSSR count). The number of hydrogen-bond donors (Lipinski definition) is 1. The Morgan fingerprint density at radius 1 is 1.17 bits per heavy atom. The van der Waals surface area contributed by atoms with Crippen molar-refractivity contribution < 1.29 is 19.4 Å². The first-order chi connectivity index (χ1) is 11.0. The molecule has 0 aliphatic heterocycles. The number of methoxy groups -OCH3 is 1. The third kappa shape index (κ3) is 4.91. The van der Waals surface area contributed by atoms with Crippen LogP contribution in [0.4, 0.5) is 0 Å². The molecule has 0 saturated carbocycles. The first-order valence-corrected chi connectivity index (χ1v) is 7.41. The van der Waals surface area contributed by atoms with Crippen LogP contribution >= 0.6 is 23.2 Å². The van der Waals surface area contributed by atoms with E-state index in [1.807, 2.05) is 0 Å². The standard InChI is InChI=1S/C17H14Cl2O4/c1-22-16-9-11(3-6-15(16)20)4-7-17(21)23-10-12-2-5-13(18)14(19)8-12/h2-9,20H,10H2,1H3/b7-4+. The van der Waals surface area contributed by atoms with Gasteiger partial charge in [0.1, 0.15) is 6.61 Å². The average molecular weight is 353 g/mol. The fourth-order valence-corrected chi connectivity index (χ4v) is 2.11. The molecule has 6 heteroatoms. The normalized spacial score (nSPS) is 10.7. The Bertz CT molecular complexity index is 741. The van der Waals surface area contributed by atoms with Gasteiger partial charge in [0, 0.05) is 6.08 Å². The molecule has 23 heavy (non-hydrogen) atoms. The molecule has 0 radical (unpaired) electrons. The van der Waals surface area contributed by atoms with E-state index in [0.29, 0.717) is 21.4 Å². The maximum Gasteiger partial charge on any atom is 0.331 e. The lowest BCUT2D eigenvalue weighted by Gasteiger charge is -2.05. The quantitative estimate of drug-likeness (QED) is 0.637. The van der Waals surface area contributed by atoms with Gasteiger partial charge in [-0.15, -0.1) is 0 Å². The van der Waals surface area contributed by atoms with Gasteiger partial charge in [-0.2, -0.15) is 0 Å². The summed E-state index contributed by atoms with van der Waals surface area (Å²) in [6, 6.07) is 9.77. The zero-order chi connectivity index (χ0) is 16.8. The zero-order valence-corrected chi connectivity index (χ0v) is 13.8. The van der Waals surface area contributed by atoms with E-state index in [4.69, 9.17) is 32.7 Å². The highest BCUT2D eigenvalue weighted by molar-refractivity contribution is 6.42. The molecule has 2 aromatic carbocycles. The summed E-state index contributed by atoms with van der Waals surface area (Å²) in [7, 11) is 1.45. The van der Waals surface area contributed by atoms with Crippen molar-refractivity contribution in [1.82, 2.24) is 0 Å². The van der Waals surface area contributed by atoms with Crippen molar-refractivity contribution >= 4 is 35.2 Å². The molecule has 0 unspecified atom stereocenters. The molecule has 0 spiro atoms. The van der Waals surface area contributed by atoms with Crippen LogP contribution in [0.1, 0.15) is 11.1 Å². The second kappa shape index (κ2) is 7.90. The minimum absolute atomic E-state index is 0.0341. The summed E-state index contributed by atoms with van der Waals surface area (Å²) in [5.41, 5.74) is 1.44. The molecule has 0 aromatic heterocycles. The molecule has 0 atom stereocenters. The van der Waals surface area contributed by atoms with Crippen LogP contribution in [0.15, 0.2) is 42.5 Å². The van der Waals surface area contributed by atoms with Gasteiger partial charge in [-0.05, 0) is 41.5 Å². The molecular weight excluding hydrogens is 339 g/mol. The number of carbonyl (C=O) groups excluding carboxylic acids is 1. The minimum atomic E-state index is -0.497. The van der Waals surface area contributed by atoms with Gasteiger partial charge in [0.15, 0.2) is 11.5 Å². The number of phenolic OH excluding ortho intramolecular Hbond substituents is 1. The lowest BCUT2D eigenvalue weighted by molar-refractivity contribution is -0.138. The Morgan fingerprint density at radius 2 is 1.96 bits per heavy atom. The Hall–Kier alpha value is -2.17. The molecule has 0 aliphatic carbocycles. The van der Waals surface area contributed by atoms with E-state index >= 15 is 0 Å². The maximum atomic E-state index is 11.7. The summed E-state index contributed by atoms with van der Waals surface area (Å²) in [6.07, 6.45) is 2.86. The van der Waals surface area contributed by atoms with E-state index in [1.165, 1.54) is 19.3 Å². The molecule has 0 aliphatic rings. The summed E-state index contributed by atoms with van der Waals surface area (Å²) in [5.74, 6) is -0.133. The van der Waals surface area contributed by atoms with Crippen LogP contribution in [-0.4, -0.2) is 18.2 Å². The lowest BCUT2D eigenvalue weighted by atomic mass is 10.2. The Labute approximate surface area is 143 Å². The summed E-state index contributed by atoms with van der Waals surface area (Å²) < 4.78 is 10.1. The Kier molecular flexibility index (Phi) is 5.90. The third-order valence-electron chi connectivity index (χ3n) is 2.98. The number of esters is 1. The number of rotatable bonds is 5. The SMILES string of the molecule is COc1cc(/C=C/C(=O)OCc2ccc(Cl)c(Cl)c2)ccc1O. The van der Waals surface area contributed by atoms with Gasteiger partial charge in [0.2, 0.25) is 0 Å². The number of carbonyl (C=O) groups is 1. The number of benzene rings is 2. The van der Waals surface area contributed by atoms with Crippen LogP contribution in [0.25, 0.3) is 6.08 Å². The Balaban J connectivity index is 1.95. The molecule has 0 fully saturated rings. The van der Waals surface area contributed by atoms with E-state index in [-0.39, 0.29) is 12.4 Å². The van der Waals surface area contributed by atoms with Gasteiger partial charge >= 0.3 is 5.97 Å². The first kappa shape index (κ1) is 17.2. The van der Waals surface area contributed by atoms with Crippen LogP contribution < -0.4 is 4.74 Å². The highest BCUT2D eigenvalue weighted by Gasteiger charge is 2.04. The third-order valence-corrected chi connectivity index (χ3v) is 3.72. The molecule has 0 amide bonds. The number of phenols is 1. The molecule has 0 heterocycles. The van der Waals surface area contributed by atoms with Gasteiger partial charge in [0.25, 0.3) is 0 Å². The van der Waals surface area contributed by atoms with Crippen LogP contribution in [0.5, 0.6) is 11.5 Å². The predicted molar refractivity (Wildman–Crippen MR) is 90.0 cm³/mol. The van der Waals surface area contributed by atoms with Crippen molar-refractivity contribution in [3.63, 3.8) is 0 Å². The van der Waals surface area contributed by atoms with Gasteiger partial charge in [0.05, 0.1) is 17.2 Å². The van der Waals surface area contributed by atoms with Crippen molar-refractivity contribution in [3.8, 4) is 11.5 Å². The number of ether oxygens (including phenoxy) is 2. The molecule has 120 valence electrons. The van der Waals surface area contributed by atoms with E-state index < -0.39 is 5.97 Å². The smallest absolute Gasteiger partial charge is 0.331 e. The van der Waals surface area contributed by atoms with Crippen LogP contribution in [-0.2, 0) is 16.1 Å². The summed E-state index contributed by atoms with van der Waals surface area (Å²) in [5, 5.41) is 10.4. The van der Waals surface area contributed by atoms with E-state index in [1.54, 1.807) is 36.4 Å². The fourth-order valence-electron chi connectivity index (χ4n) is 1.79. The van der Waals surface area contributed by atoms with Crippen molar-refractivity contribution in [3.05, 3.63) is 63.6 Å². The van der Waals surface area contributed by atoms with Crippen LogP contribution in [0, 0.1) is 0 Å².